The topological polar surface area (TPSA) is 55.3 Å². The van der Waals surface area contributed by atoms with Gasteiger partial charge in [0.2, 0.25) is 8.32 Å². The largest absolute Gasteiger partial charge is 1.00 e. The SMILES string of the molecule is C=C[C@@]1(O)C[C@@H]2C[C@H](OC)[C@@]1(CO[Si](C(C)C)(C(C)C)C(C)C)[NH2+]2.[I-]. The summed E-state index contributed by atoms with van der Waals surface area (Å²) in [6, 6.07) is 0.398. The predicted molar refractivity (Wildman–Crippen MR) is 101 cm³/mol. The summed E-state index contributed by atoms with van der Waals surface area (Å²) in [6.07, 6.45) is 3.47. The Bertz CT molecular complexity index is 452. The molecule has 2 aliphatic heterocycles. The smallest absolute Gasteiger partial charge is 0.200 e. The Kier molecular flexibility index (Phi) is 7.79. The van der Waals surface area contributed by atoms with Crippen LogP contribution in [0.15, 0.2) is 12.7 Å². The van der Waals surface area contributed by atoms with E-state index in [-0.39, 0.29) is 30.1 Å². The van der Waals surface area contributed by atoms with Crippen LogP contribution in [0.4, 0.5) is 0 Å². The molecule has 0 aromatic rings. The molecule has 4 atom stereocenters. The number of halogens is 1. The number of methoxy groups -OCH3 is 1. The first-order valence-corrected chi connectivity index (χ1v) is 11.6. The zero-order valence-electron chi connectivity index (χ0n) is 17.0. The Morgan fingerprint density at radius 1 is 1.20 bits per heavy atom. The highest BCUT2D eigenvalue weighted by atomic mass is 127. The van der Waals surface area contributed by atoms with Gasteiger partial charge in [0.15, 0.2) is 5.54 Å². The van der Waals surface area contributed by atoms with Gasteiger partial charge in [0.25, 0.3) is 0 Å². The summed E-state index contributed by atoms with van der Waals surface area (Å²) in [4.78, 5) is 0. The van der Waals surface area contributed by atoms with Crippen molar-refractivity contribution in [2.24, 2.45) is 0 Å². The minimum Gasteiger partial charge on any atom is -1.00 e. The van der Waals surface area contributed by atoms with Gasteiger partial charge in [-0.2, -0.15) is 0 Å². The highest BCUT2D eigenvalue weighted by Crippen LogP contribution is 2.46. The normalized spacial score (nSPS) is 34.8. The fourth-order valence-electron chi connectivity index (χ4n) is 5.83. The van der Waals surface area contributed by atoms with E-state index < -0.39 is 19.5 Å². The van der Waals surface area contributed by atoms with E-state index in [2.05, 4.69) is 53.4 Å². The fraction of sp³-hybridized carbons (Fsp3) is 0.895. The molecule has 2 rings (SSSR count). The third-order valence-electron chi connectivity index (χ3n) is 6.89. The molecule has 0 aromatic carbocycles. The molecule has 2 bridgehead atoms. The monoisotopic (exact) mass is 483 g/mol. The molecule has 3 N–H and O–H groups in total. The maximum atomic E-state index is 11.3. The van der Waals surface area contributed by atoms with Crippen molar-refractivity contribution in [2.45, 2.75) is 94.3 Å². The Hall–Kier alpha value is 0.527. The molecule has 0 unspecified atom stereocenters. The summed E-state index contributed by atoms with van der Waals surface area (Å²) >= 11 is 0. The van der Waals surface area contributed by atoms with Gasteiger partial charge in [0.1, 0.15) is 11.7 Å². The molecule has 2 aliphatic rings. The van der Waals surface area contributed by atoms with Crippen molar-refractivity contribution in [3.8, 4) is 0 Å². The van der Waals surface area contributed by atoms with E-state index >= 15 is 0 Å². The van der Waals surface area contributed by atoms with Crippen LogP contribution >= 0.6 is 0 Å². The number of aliphatic hydroxyl groups is 1. The number of rotatable bonds is 8. The lowest BCUT2D eigenvalue weighted by Gasteiger charge is -2.46. The molecule has 25 heavy (non-hydrogen) atoms. The van der Waals surface area contributed by atoms with E-state index in [4.69, 9.17) is 9.16 Å². The van der Waals surface area contributed by atoms with E-state index in [0.29, 0.717) is 29.3 Å². The number of fused-ring (bicyclic) bond motifs is 2. The predicted octanol–water partition coefficient (Wildman–Crippen LogP) is -0.407. The van der Waals surface area contributed by atoms with Crippen LogP contribution < -0.4 is 29.3 Å². The number of hydrogen-bond acceptors (Lipinski definition) is 3. The lowest BCUT2D eigenvalue weighted by molar-refractivity contribution is -0.727. The van der Waals surface area contributed by atoms with Gasteiger partial charge in [-0.15, -0.1) is 0 Å². The van der Waals surface area contributed by atoms with Crippen LogP contribution in [0.5, 0.6) is 0 Å². The first-order chi connectivity index (χ1) is 11.1. The molecule has 0 spiro atoms. The fourth-order valence-corrected chi connectivity index (χ4v) is 11.3. The second-order valence-corrected chi connectivity index (χ2v) is 14.3. The van der Waals surface area contributed by atoms with Crippen molar-refractivity contribution in [1.82, 2.24) is 0 Å². The molecule has 2 heterocycles. The highest BCUT2D eigenvalue weighted by Gasteiger charge is 2.70. The molecule has 0 aliphatic carbocycles. The number of ether oxygens (including phenoxy) is 1. The summed E-state index contributed by atoms with van der Waals surface area (Å²) in [6.45, 7) is 18.3. The molecule has 0 saturated carbocycles. The summed E-state index contributed by atoms with van der Waals surface area (Å²) < 4.78 is 12.7. The summed E-state index contributed by atoms with van der Waals surface area (Å²) in [5.41, 5.74) is 0.230. The van der Waals surface area contributed by atoms with E-state index in [9.17, 15) is 5.11 Å². The van der Waals surface area contributed by atoms with Gasteiger partial charge in [0.05, 0.1) is 12.6 Å². The molecule has 148 valence electrons. The van der Waals surface area contributed by atoms with Crippen molar-refractivity contribution in [3.05, 3.63) is 12.7 Å². The van der Waals surface area contributed by atoms with E-state index in [0.717, 1.165) is 12.8 Å². The average molecular weight is 484 g/mol. The van der Waals surface area contributed by atoms with Gasteiger partial charge in [0, 0.05) is 20.0 Å². The van der Waals surface area contributed by atoms with Crippen LogP contribution in [-0.2, 0) is 9.16 Å². The van der Waals surface area contributed by atoms with Crippen molar-refractivity contribution >= 4 is 8.32 Å². The Labute approximate surface area is 172 Å². The molecule has 2 fully saturated rings. The summed E-state index contributed by atoms with van der Waals surface area (Å²) in [7, 11) is -0.226. The maximum Gasteiger partial charge on any atom is 0.200 e. The number of hydrogen-bond donors (Lipinski definition) is 2. The first-order valence-electron chi connectivity index (χ1n) is 9.48. The number of nitrogens with two attached hydrogens (primary N) is 1. The third kappa shape index (κ3) is 3.51. The summed E-state index contributed by atoms with van der Waals surface area (Å²) in [5, 5.41) is 13.6. The van der Waals surface area contributed by atoms with Gasteiger partial charge >= 0.3 is 0 Å². The quantitative estimate of drug-likeness (QED) is 0.281. The Morgan fingerprint density at radius 2 is 1.72 bits per heavy atom. The lowest BCUT2D eigenvalue weighted by Crippen LogP contribution is -3.00. The van der Waals surface area contributed by atoms with Gasteiger partial charge in [-0.3, -0.25) is 0 Å². The van der Waals surface area contributed by atoms with E-state index in [1.165, 1.54) is 0 Å². The maximum absolute atomic E-state index is 11.3. The Balaban J connectivity index is 0.00000312. The van der Waals surface area contributed by atoms with Crippen LogP contribution in [0, 0.1) is 0 Å². The van der Waals surface area contributed by atoms with Gasteiger partial charge in [-0.1, -0.05) is 54.2 Å². The van der Waals surface area contributed by atoms with Gasteiger partial charge < -0.3 is 43.6 Å². The second-order valence-electron chi connectivity index (χ2n) is 8.87. The van der Waals surface area contributed by atoms with E-state index in [1.54, 1.807) is 13.2 Å². The van der Waals surface area contributed by atoms with Gasteiger partial charge in [-0.05, 0) is 16.6 Å². The minimum atomic E-state index is -1.98. The van der Waals surface area contributed by atoms with Crippen LogP contribution in [0.1, 0.15) is 54.4 Å². The average Bonchev–Trinajstić information content (AvgIpc) is 2.98. The molecular weight excluding hydrogens is 445 g/mol. The highest BCUT2D eigenvalue weighted by molar-refractivity contribution is 6.77. The van der Waals surface area contributed by atoms with Gasteiger partial charge in [-0.25, -0.2) is 0 Å². The summed E-state index contributed by atoms with van der Waals surface area (Å²) in [5.74, 6) is 0. The molecule has 6 heteroatoms. The van der Waals surface area contributed by atoms with Crippen molar-refractivity contribution < 1.29 is 43.6 Å². The van der Waals surface area contributed by atoms with Crippen LogP contribution in [0.2, 0.25) is 16.6 Å². The van der Waals surface area contributed by atoms with Crippen molar-refractivity contribution in [3.63, 3.8) is 0 Å². The molecule has 4 nitrogen and oxygen atoms in total. The second kappa shape index (κ2) is 8.27. The zero-order valence-corrected chi connectivity index (χ0v) is 20.2. The molecule has 2 saturated heterocycles. The van der Waals surface area contributed by atoms with Crippen LogP contribution in [0.3, 0.4) is 0 Å². The lowest BCUT2D eigenvalue weighted by atomic mass is 9.72. The molecular formula is C19H38INO3Si. The first kappa shape index (κ1) is 23.6. The Morgan fingerprint density at radius 3 is 2.12 bits per heavy atom. The molecule has 0 amide bonds. The van der Waals surface area contributed by atoms with Crippen molar-refractivity contribution in [1.29, 1.82) is 0 Å². The van der Waals surface area contributed by atoms with E-state index in [1.807, 2.05) is 0 Å². The van der Waals surface area contributed by atoms with Crippen LogP contribution in [0.25, 0.3) is 0 Å². The standard InChI is InChI=1S/C19H37NO3Si.HI/c1-9-18(21)11-16-10-17(22-8)19(18,20-16)12-23-24(13(2)3,14(4)5)15(6)7;/h9,13-17,20-21H,1,10-12H2,2-8H3;1H/t16-,17-,18+,19+;/m0./s1. The third-order valence-corrected chi connectivity index (χ3v) is 13.0. The zero-order chi connectivity index (χ0) is 18.3. The number of quaternary nitrogens is 1. The van der Waals surface area contributed by atoms with Crippen molar-refractivity contribution in [2.75, 3.05) is 13.7 Å². The molecule has 0 radical (unpaired) electrons. The minimum absolute atomic E-state index is 0. The molecule has 0 aromatic heterocycles. The van der Waals surface area contributed by atoms with Crippen LogP contribution in [-0.4, -0.2) is 50.4 Å².